The fraction of sp³-hybridized carbons (Fsp3) is 0.684. The first-order valence-electron chi connectivity index (χ1n) is 8.29. The van der Waals surface area contributed by atoms with Crippen LogP contribution in [-0.4, -0.2) is 6.04 Å². The third-order valence-corrected chi connectivity index (χ3v) is 5.41. The average Bonchev–Trinajstić information content (AvgIpc) is 2.43. The van der Waals surface area contributed by atoms with Gasteiger partial charge in [-0.1, -0.05) is 32.0 Å². The van der Waals surface area contributed by atoms with Gasteiger partial charge in [-0.15, -0.1) is 0 Å². The van der Waals surface area contributed by atoms with Gasteiger partial charge in [0.05, 0.1) is 0 Å². The van der Waals surface area contributed by atoms with Crippen LogP contribution in [0.2, 0.25) is 0 Å². The first-order valence-corrected chi connectivity index (χ1v) is 8.29. The van der Waals surface area contributed by atoms with Crippen molar-refractivity contribution >= 4 is 0 Å². The van der Waals surface area contributed by atoms with Gasteiger partial charge in [0.25, 0.3) is 0 Å². The minimum absolute atomic E-state index is 0.338. The summed E-state index contributed by atoms with van der Waals surface area (Å²) in [6.45, 7) is 9.09. The largest absolute Gasteiger partial charge is 0.327 e. The minimum atomic E-state index is 0.338. The SMILES string of the molecule is Cc1ccc(CC(N)C2CCC(C(C)C)CC2)cc1C. The summed E-state index contributed by atoms with van der Waals surface area (Å²) in [5, 5.41) is 0. The van der Waals surface area contributed by atoms with Gasteiger partial charge in [-0.05, 0) is 80.4 Å². The molecule has 1 unspecified atom stereocenters. The van der Waals surface area contributed by atoms with E-state index in [0.717, 1.165) is 24.2 Å². The van der Waals surface area contributed by atoms with Gasteiger partial charge in [-0.25, -0.2) is 0 Å². The minimum Gasteiger partial charge on any atom is -0.327 e. The molecule has 0 amide bonds. The van der Waals surface area contributed by atoms with Crippen molar-refractivity contribution in [1.82, 2.24) is 0 Å². The molecule has 20 heavy (non-hydrogen) atoms. The van der Waals surface area contributed by atoms with E-state index in [-0.39, 0.29) is 0 Å². The van der Waals surface area contributed by atoms with Gasteiger partial charge in [0.1, 0.15) is 0 Å². The molecule has 0 aliphatic heterocycles. The van der Waals surface area contributed by atoms with Crippen LogP contribution in [-0.2, 0) is 6.42 Å². The van der Waals surface area contributed by atoms with E-state index in [1.165, 1.54) is 42.4 Å². The second kappa shape index (κ2) is 6.76. The quantitative estimate of drug-likeness (QED) is 0.850. The second-order valence-corrected chi connectivity index (χ2v) is 7.21. The lowest BCUT2D eigenvalue weighted by atomic mass is 9.74. The van der Waals surface area contributed by atoms with Crippen LogP contribution in [0.3, 0.4) is 0 Å². The molecule has 1 aliphatic rings. The fourth-order valence-corrected chi connectivity index (χ4v) is 3.61. The number of aryl methyl sites for hydroxylation is 2. The van der Waals surface area contributed by atoms with Crippen molar-refractivity contribution in [3.63, 3.8) is 0 Å². The zero-order chi connectivity index (χ0) is 14.7. The Labute approximate surface area is 125 Å². The Morgan fingerprint density at radius 1 is 1.00 bits per heavy atom. The summed E-state index contributed by atoms with van der Waals surface area (Å²) in [5.74, 6) is 2.50. The smallest absolute Gasteiger partial charge is 0.0108 e. The van der Waals surface area contributed by atoms with E-state index < -0.39 is 0 Å². The maximum absolute atomic E-state index is 6.49. The molecule has 0 radical (unpaired) electrons. The Morgan fingerprint density at radius 3 is 2.15 bits per heavy atom. The summed E-state index contributed by atoms with van der Waals surface area (Å²) >= 11 is 0. The molecule has 0 spiro atoms. The molecule has 0 bridgehead atoms. The van der Waals surface area contributed by atoms with Crippen molar-refractivity contribution in [3.8, 4) is 0 Å². The average molecular weight is 273 g/mol. The molecular weight excluding hydrogens is 242 g/mol. The Morgan fingerprint density at radius 2 is 1.60 bits per heavy atom. The maximum atomic E-state index is 6.49. The first kappa shape index (κ1) is 15.6. The number of nitrogens with two attached hydrogens (primary N) is 1. The lowest BCUT2D eigenvalue weighted by Crippen LogP contribution is -2.35. The zero-order valence-corrected chi connectivity index (χ0v) is 13.7. The third kappa shape index (κ3) is 3.85. The summed E-state index contributed by atoms with van der Waals surface area (Å²) < 4.78 is 0. The fourth-order valence-electron chi connectivity index (χ4n) is 3.61. The highest BCUT2D eigenvalue weighted by atomic mass is 14.7. The van der Waals surface area contributed by atoms with E-state index in [1.807, 2.05) is 0 Å². The molecule has 1 aromatic rings. The maximum Gasteiger partial charge on any atom is 0.0108 e. The molecule has 1 aliphatic carbocycles. The summed E-state index contributed by atoms with van der Waals surface area (Å²) in [6, 6.07) is 7.13. The number of hydrogen-bond donors (Lipinski definition) is 1. The molecule has 1 heteroatoms. The highest BCUT2D eigenvalue weighted by Gasteiger charge is 2.26. The van der Waals surface area contributed by atoms with Crippen LogP contribution in [0, 0.1) is 31.6 Å². The molecule has 1 fully saturated rings. The predicted molar refractivity (Wildman–Crippen MR) is 87.9 cm³/mol. The van der Waals surface area contributed by atoms with Crippen LogP contribution >= 0.6 is 0 Å². The number of benzene rings is 1. The van der Waals surface area contributed by atoms with Crippen molar-refractivity contribution in [1.29, 1.82) is 0 Å². The molecule has 2 N–H and O–H groups in total. The van der Waals surface area contributed by atoms with Crippen molar-refractivity contribution in [2.45, 2.75) is 65.8 Å². The lowest BCUT2D eigenvalue weighted by Gasteiger charge is -2.34. The topological polar surface area (TPSA) is 26.0 Å². The van der Waals surface area contributed by atoms with Gasteiger partial charge >= 0.3 is 0 Å². The molecule has 1 saturated carbocycles. The lowest BCUT2D eigenvalue weighted by molar-refractivity contribution is 0.202. The Kier molecular flexibility index (Phi) is 5.26. The van der Waals surface area contributed by atoms with Gasteiger partial charge in [0.15, 0.2) is 0 Å². The van der Waals surface area contributed by atoms with Crippen LogP contribution in [0.1, 0.15) is 56.2 Å². The predicted octanol–water partition coefficient (Wildman–Crippen LogP) is 4.64. The summed E-state index contributed by atoms with van der Waals surface area (Å²) in [5.41, 5.74) is 10.7. The molecule has 0 aromatic heterocycles. The number of rotatable bonds is 4. The Bertz CT molecular complexity index is 427. The molecule has 112 valence electrons. The van der Waals surface area contributed by atoms with Gasteiger partial charge in [0, 0.05) is 6.04 Å². The van der Waals surface area contributed by atoms with Crippen LogP contribution in [0.4, 0.5) is 0 Å². The van der Waals surface area contributed by atoms with Gasteiger partial charge in [0.2, 0.25) is 0 Å². The van der Waals surface area contributed by atoms with E-state index >= 15 is 0 Å². The molecule has 0 saturated heterocycles. The monoisotopic (exact) mass is 273 g/mol. The van der Waals surface area contributed by atoms with E-state index in [0.29, 0.717) is 6.04 Å². The molecule has 1 atom stereocenters. The zero-order valence-electron chi connectivity index (χ0n) is 13.7. The highest BCUT2D eigenvalue weighted by molar-refractivity contribution is 5.30. The van der Waals surface area contributed by atoms with Crippen LogP contribution in [0.25, 0.3) is 0 Å². The van der Waals surface area contributed by atoms with Gasteiger partial charge in [-0.2, -0.15) is 0 Å². The third-order valence-electron chi connectivity index (χ3n) is 5.41. The van der Waals surface area contributed by atoms with Crippen molar-refractivity contribution in [2.75, 3.05) is 0 Å². The Balaban J connectivity index is 1.89. The highest BCUT2D eigenvalue weighted by Crippen LogP contribution is 2.35. The summed E-state index contributed by atoms with van der Waals surface area (Å²) in [7, 11) is 0. The second-order valence-electron chi connectivity index (χ2n) is 7.21. The molecule has 1 aromatic carbocycles. The molecule has 1 nitrogen and oxygen atoms in total. The van der Waals surface area contributed by atoms with Gasteiger partial charge < -0.3 is 5.73 Å². The standard InChI is InChI=1S/C19H31N/c1-13(2)17-7-9-18(10-8-17)19(20)12-16-6-5-14(3)15(4)11-16/h5-6,11,13,17-19H,7-10,12,20H2,1-4H3. The number of hydrogen-bond acceptors (Lipinski definition) is 1. The summed E-state index contributed by atoms with van der Waals surface area (Å²) in [4.78, 5) is 0. The molecule has 2 rings (SSSR count). The molecule has 0 heterocycles. The van der Waals surface area contributed by atoms with Crippen LogP contribution in [0.5, 0.6) is 0 Å². The van der Waals surface area contributed by atoms with Crippen LogP contribution in [0.15, 0.2) is 18.2 Å². The van der Waals surface area contributed by atoms with E-state index in [9.17, 15) is 0 Å². The first-order chi connectivity index (χ1) is 9.47. The van der Waals surface area contributed by atoms with E-state index in [1.54, 1.807) is 0 Å². The van der Waals surface area contributed by atoms with Crippen molar-refractivity contribution < 1.29 is 0 Å². The van der Waals surface area contributed by atoms with E-state index in [2.05, 4.69) is 45.9 Å². The Hall–Kier alpha value is -0.820. The van der Waals surface area contributed by atoms with Crippen molar-refractivity contribution in [2.24, 2.45) is 23.5 Å². The summed E-state index contributed by atoms with van der Waals surface area (Å²) in [6.07, 6.45) is 6.45. The van der Waals surface area contributed by atoms with E-state index in [4.69, 9.17) is 5.73 Å². The van der Waals surface area contributed by atoms with Crippen LogP contribution < -0.4 is 5.73 Å². The van der Waals surface area contributed by atoms with Gasteiger partial charge in [-0.3, -0.25) is 0 Å². The molecular formula is C19H31N. The normalized spacial score (nSPS) is 24.9. The van der Waals surface area contributed by atoms with Crippen molar-refractivity contribution in [3.05, 3.63) is 34.9 Å².